The number of hydrogen-bond acceptors (Lipinski definition) is 2. The molecule has 1 saturated heterocycles. The highest BCUT2D eigenvalue weighted by atomic mass is 16.2. The summed E-state index contributed by atoms with van der Waals surface area (Å²) < 4.78 is 0. The molecule has 0 aromatic rings. The van der Waals surface area contributed by atoms with E-state index in [1.807, 2.05) is 7.05 Å². The molecule has 1 unspecified atom stereocenters. The molecule has 1 rings (SSSR count). The third-order valence-electron chi connectivity index (χ3n) is 4.31. The van der Waals surface area contributed by atoms with Crippen molar-refractivity contribution >= 4 is 5.91 Å². The third kappa shape index (κ3) is 4.97. The Balaban J connectivity index is 2.35. The van der Waals surface area contributed by atoms with Gasteiger partial charge in [0.25, 0.3) is 0 Å². The van der Waals surface area contributed by atoms with Gasteiger partial charge in [0.15, 0.2) is 0 Å². The van der Waals surface area contributed by atoms with Gasteiger partial charge in [0, 0.05) is 25.6 Å². The highest BCUT2D eigenvalue weighted by Crippen LogP contribution is 2.30. The fourth-order valence-electron chi connectivity index (χ4n) is 2.61. The Hall–Kier alpha value is -0.570. The van der Waals surface area contributed by atoms with Crippen molar-refractivity contribution in [2.24, 2.45) is 5.41 Å². The molecule has 0 aromatic heterocycles. The van der Waals surface area contributed by atoms with E-state index in [-0.39, 0.29) is 0 Å². The van der Waals surface area contributed by atoms with Gasteiger partial charge >= 0.3 is 0 Å². The number of nitrogens with zero attached hydrogens (tertiary/aromatic N) is 1. The van der Waals surface area contributed by atoms with Gasteiger partial charge in [-0.2, -0.15) is 0 Å². The molecule has 1 aliphatic heterocycles. The van der Waals surface area contributed by atoms with Crippen molar-refractivity contribution in [3.63, 3.8) is 0 Å². The van der Waals surface area contributed by atoms with E-state index >= 15 is 0 Å². The minimum Gasteiger partial charge on any atom is -0.343 e. The Bertz CT molecular complexity index is 259. The summed E-state index contributed by atoms with van der Waals surface area (Å²) in [6.07, 6.45) is 6.36. The second-order valence-corrected chi connectivity index (χ2v) is 6.33. The lowest BCUT2D eigenvalue weighted by atomic mass is 9.85. The predicted octanol–water partition coefficient (Wildman–Crippen LogP) is 2.80. The molecule has 0 spiro atoms. The molecule has 0 aromatic carbocycles. The largest absolute Gasteiger partial charge is 0.343 e. The Morgan fingerprint density at radius 1 is 1.39 bits per heavy atom. The highest BCUT2D eigenvalue weighted by Gasteiger charge is 2.26. The Morgan fingerprint density at radius 2 is 2.11 bits per heavy atom. The van der Waals surface area contributed by atoms with E-state index in [9.17, 15) is 4.79 Å². The fourth-order valence-corrected chi connectivity index (χ4v) is 2.61. The van der Waals surface area contributed by atoms with Crippen LogP contribution in [0.4, 0.5) is 0 Å². The lowest BCUT2D eigenvalue weighted by Gasteiger charge is -2.24. The SMILES string of the molecule is CCC(CCCN1CCC(C)(C)CCC1=O)NC. The summed E-state index contributed by atoms with van der Waals surface area (Å²) in [6.45, 7) is 8.64. The lowest BCUT2D eigenvalue weighted by molar-refractivity contribution is -0.130. The second kappa shape index (κ2) is 7.13. The Morgan fingerprint density at radius 3 is 2.72 bits per heavy atom. The molecule has 1 heterocycles. The van der Waals surface area contributed by atoms with E-state index in [0.29, 0.717) is 17.4 Å². The van der Waals surface area contributed by atoms with Gasteiger partial charge in [-0.3, -0.25) is 4.79 Å². The van der Waals surface area contributed by atoms with Crippen LogP contribution < -0.4 is 5.32 Å². The predicted molar refractivity (Wildman–Crippen MR) is 76.6 cm³/mol. The minimum absolute atomic E-state index is 0.335. The molecule has 1 atom stereocenters. The zero-order chi connectivity index (χ0) is 13.6. The molecule has 1 fully saturated rings. The Kier molecular flexibility index (Phi) is 6.13. The van der Waals surface area contributed by atoms with Crippen LogP contribution in [0, 0.1) is 5.41 Å². The van der Waals surface area contributed by atoms with Crippen LogP contribution in [0.2, 0.25) is 0 Å². The quantitative estimate of drug-likeness (QED) is 0.790. The third-order valence-corrected chi connectivity index (χ3v) is 4.31. The summed E-state index contributed by atoms with van der Waals surface area (Å²) >= 11 is 0. The van der Waals surface area contributed by atoms with Crippen LogP contribution in [0.15, 0.2) is 0 Å². The standard InChI is InChI=1S/C15H30N2O/c1-5-13(16-4)7-6-11-17-12-10-15(2,3)9-8-14(17)18/h13,16H,5-12H2,1-4H3. The van der Waals surface area contributed by atoms with Crippen LogP contribution in [0.5, 0.6) is 0 Å². The minimum atomic E-state index is 0.335. The van der Waals surface area contributed by atoms with Crippen molar-refractivity contribution in [2.75, 3.05) is 20.1 Å². The van der Waals surface area contributed by atoms with Gasteiger partial charge in [-0.1, -0.05) is 20.8 Å². The van der Waals surface area contributed by atoms with Crippen LogP contribution >= 0.6 is 0 Å². The maximum atomic E-state index is 12.0. The smallest absolute Gasteiger partial charge is 0.222 e. The maximum absolute atomic E-state index is 12.0. The molecule has 0 bridgehead atoms. The molecule has 0 saturated carbocycles. The summed E-state index contributed by atoms with van der Waals surface area (Å²) in [6, 6.07) is 0.600. The van der Waals surface area contributed by atoms with Gasteiger partial charge in [-0.25, -0.2) is 0 Å². The summed E-state index contributed by atoms with van der Waals surface area (Å²) in [7, 11) is 2.02. The zero-order valence-corrected chi connectivity index (χ0v) is 12.6. The average molecular weight is 254 g/mol. The van der Waals surface area contributed by atoms with Crippen molar-refractivity contribution in [3.05, 3.63) is 0 Å². The first kappa shape index (κ1) is 15.5. The van der Waals surface area contributed by atoms with Crippen LogP contribution in [0.1, 0.15) is 59.3 Å². The Labute approximate surface area is 112 Å². The molecule has 1 amide bonds. The molecule has 0 radical (unpaired) electrons. The number of likely N-dealkylation sites (tertiary alicyclic amines) is 1. The first-order valence-electron chi connectivity index (χ1n) is 7.43. The van der Waals surface area contributed by atoms with Crippen molar-refractivity contribution < 1.29 is 4.79 Å². The summed E-state index contributed by atoms with van der Waals surface area (Å²) in [5.74, 6) is 0.359. The molecule has 1 N–H and O–H groups in total. The first-order valence-corrected chi connectivity index (χ1v) is 7.43. The normalized spacial score (nSPS) is 21.8. The molecule has 18 heavy (non-hydrogen) atoms. The molecule has 1 aliphatic rings. The molecule has 0 aliphatic carbocycles. The van der Waals surface area contributed by atoms with Crippen LogP contribution in [0.3, 0.4) is 0 Å². The zero-order valence-electron chi connectivity index (χ0n) is 12.6. The highest BCUT2D eigenvalue weighted by molar-refractivity contribution is 5.76. The summed E-state index contributed by atoms with van der Waals surface area (Å²) in [5, 5.41) is 3.32. The monoisotopic (exact) mass is 254 g/mol. The topological polar surface area (TPSA) is 32.3 Å². The van der Waals surface area contributed by atoms with Gasteiger partial charge in [0.1, 0.15) is 0 Å². The van der Waals surface area contributed by atoms with Crippen molar-refractivity contribution in [1.82, 2.24) is 10.2 Å². The lowest BCUT2D eigenvalue weighted by Crippen LogP contribution is -2.33. The maximum Gasteiger partial charge on any atom is 0.222 e. The number of hydrogen-bond donors (Lipinski definition) is 1. The molecule has 106 valence electrons. The number of carbonyl (C=O) groups is 1. The van der Waals surface area contributed by atoms with Crippen LogP contribution in [-0.4, -0.2) is 37.0 Å². The van der Waals surface area contributed by atoms with E-state index < -0.39 is 0 Å². The van der Waals surface area contributed by atoms with Gasteiger partial charge in [-0.15, -0.1) is 0 Å². The van der Waals surface area contributed by atoms with Crippen molar-refractivity contribution in [2.45, 2.75) is 65.3 Å². The fraction of sp³-hybridized carbons (Fsp3) is 0.933. The molecule has 3 nitrogen and oxygen atoms in total. The van der Waals surface area contributed by atoms with Crippen LogP contribution in [-0.2, 0) is 4.79 Å². The number of carbonyl (C=O) groups excluding carboxylic acids is 1. The second-order valence-electron chi connectivity index (χ2n) is 6.33. The average Bonchev–Trinajstić information content (AvgIpc) is 2.47. The van der Waals surface area contributed by atoms with E-state index in [2.05, 4.69) is 31.0 Å². The molecular formula is C15H30N2O. The number of nitrogens with one attached hydrogen (secondary N) is 1. The van der Waals surface area contributed by atoms with E-state index in [1.165, 1.54) is 6.42 Å². The van der Waals surface area contributed by atoms with Gasteiger partial charge < -0.3 is 10.2 Å². The first-order chi connectivity index (χ1) is 8.48. The summed E-state index contributed by atoms with van der Waals surface area (Å²) in [5.41, 5.74) is 0.335. The van der Waals surface area contributed by atoms with E-state index in [0.717, 1.165) is 45.2 Å². The molecular weight excluding hydrogens is 224 g/mol. The number of rotatable bonds is 6. The van der Waals surface area contributed by atoms with Gasteiger partial charge in [0.2, 0.25) is 5.91 Å². The number of amides is 1. The van der Waals surface area contributed by atoms with E-state index in [4.69, 9.17) is 0 Å². The molecule has 3 heteroatoms. The van der Waals surface area contributed by atoms with Crippen molar-refractivity contribution in [3.8, 4) is 0 Å². The van der Waals surface area contributed by atoms with Crippen LogP contribution in [0.25, 0.3) is 0 Å². The van der Waals surface area contributed by atoms with Gasteiger partial charge in [-0.05, 0) is 44.6 Å². The van der Waals surface area contributed by atoms with E-state index in [1.54, 1.807) is 0 Å². The van der Waals surface area contributed by atoms with Crippen molar-refractivity contribution in [1.29, 1.82) is 0 Å². The summed E-state index contributed by atoms with van der Waals surface area (Å²) in [4.78, 5) is 14.1. The van der Waals surface area contributed by atoms with Gasteiger partial charge in [0.05, 0.1) is 0 Å².